The SMILES string of the molecule is Cc1nc(C(=O)NCc2cc(Br)cc3c2OCC3)cs1. The zero-order valence-corrected chi connectivity index (χ0v) is 13.3. The van der Waals surface area contributed by atoms with Gasteiger partial charge < -0.3 is 10.1 Å². The summed E-state index contributed by atoms with van der Waals surface area (Å²) in [6, 6.07) is 4.05. The quantitative estimate of drug-likeness (QED) is 0.923. The Morgan fingerprint density at radius 1 is 1.55 bits per heavy atom. The molecule has 0 unspecified atom stereocenters. The predicted octanol–water partition coefficient (Wildman–Crippen LogP) is 3.08. The molecule has 0 fully saturated rings. The van der Waals surface area contributed by atoms with Gasteiger partial charge in [0, 0.05) is 28.4 Å². The van der Waals surface area contributed by atoms with E-state index in [1.807, 2.05) is 13.0 Å². The van der Waals surface area contributed by atoms with Crippen LogP contribution in [0.2, 0.25) is 0 Å². The molecule has 0 saturated heterocycles. The summed E-state index contributed by atoms with van der Waals surface area (Å²) in [7, 11) is 0. The molecule has 0 saturated carbocycles. The van der Waals surface area contributed by atoms with Gasteiger partial charge in [-0.25, -0.2) is 4.98 Å². The van der Waals surface area contributed by atoms with Crippen molar-refractivity contribution in [3.63, 3.8) is 0 Å². The summed E-state index contributed by atoms with van der Waals surface area (Å²) in [4.78, 5) is 16.2. The topological polar surface area (TPSA) is 51.2 Å². The zero-order chi connectivity index (χ0) is 14.1. The van der Waals surface area contributed by atoms with Crippen LogP contribution in [0.1, 0.15) is 26.6 Å². The first-order chi connectivity index (χ1) is 9.63. The number of halogens is 1. The van der Waals surface area contributed by atoms with Crippen molar-refractivity contribution in [2.75, 3.05) is 6.61 Å². The molecule has 3 rings (SSSR count). The number of carbonyl (C=O) groups is 1. The van der Waals surface area contributed by atoms with Gasteiger partial charge in [-0.05, 0) is 24.6 Å². The Balaban J connectivity index is 1.74. The highest BCUT2D eigenvalue weighted by atomic mass is 79.9. The van der Waals surface area contributed by atoms with Crippen molar-refractivity contribution in [1.82, 2.24) is 10.3 Å². The number of hydrogen-bond acceptors (Lipinski definition) is 4. The summed E-state index contributed by atoms with van der Waals surface area (Å²) in [5.74, 6) is 0.754. The van der Waals surface area contributed by atoms with Gasteiger partial charge in [-0.15, -0.1) is 11.3 Å². The average molecular weight is 353 g/mol. The third-order valence-corrected chi connectivity index (χ3v) is 4.35. The van der Waals surface area contributed by atoms with Crippen molar-refractivity contribution in [2.24, 2.45) is 0 Å². The molecular weight excluding hydrogens is 340 g/mol. The summed E-state index contributed by atoms with van der Waals surface area (Å²) >= 11 is 4.96. The maximum absolute atomic E-state index is 12.0. The van der Waals surface area contributed by atoms with E-state index in [2.05, 4.69) is 32.3 Å². The van der Waals surface area contributed by atoms with Gasteiger partial charge in [0.05, 0.1) is 11.6 Å². The fourth-order valence-electron chi connectivity index (χ4n) is 2.21. The maximum atomic E-state index is 12.0. The smallest absolute Gasteiger partial charge is 0.271 e. The van der Waals surface area contributed by atoms with E-state index in [1.54, 1.807) is 5.38 Å². The Morgan fingerprint density at radius 2 is 2.40 bits per heavy atom. The lowest BCUT2D eigenvalue weighted by Gasteiger charge is -2.09. The van der Waals surface area contributed by atoms with Gasteiger partial charge >= 0.3 is 0 Å². The first kappa shape index (κ1) is 13.6. The molecule has 1 N–H and O–H groups in total. The molecule has 2 aromatic rings. The summed E-state index contributed by atoms with van der Waals surface area (Å²) in [5.41, 5.74) is 2.65. The molecule has 104 valence electrons. The molecule has 0 aliphatic carbocycles. The van der Waals surface area contributed by atoms with E-state index >= 15 is 0 Å². The van der Waals surface area contributed by atoms with Crippen molar-refractivity contribution in [3.05, 3.63) is 43.8 Å². The lowest BCUT2D eigenvalue weighted by Crippen LogP contribution is -2.23. The van der Waals surface area contributed by atoms with E-state index in [0.717, 1.165) is 27.2 Å². The summed E-state index contributed by atoms with van der Waals surface area (Å²) < 4.78 is 6.65. The number of amides is 1. The highest BCUT2D eigenvalue weighted by Crippen LogP contribution is 2.32. The van der Waals surface area contributed by atoms with Gasteiger partial charge in [0.2, 0.25) is 0 Å². The van der Waals surface area contributed by atoms with Crippen molar-refractivity contribution < 1.29 is 9.53 Å². The average Bonchev–Trinajstić information content (AvgIpc) is 3.03. The predicted molar refractivity (Wildman–Crippen MR) is 81.4 cm³/mol. The second-order valence-electron chi connectivity index (χ2n) is 4.59. The Kier molecular flexibility index (Phi) is 3.76. The fourth-order valence-corrected chi connectivity index (χ4v) is 3.36. The number of nitrogens with one attached hydrogen (secondary N) is 1. The Bertz CT molecular complexity index is 669. The van der Waals surface area contributed by atoms with Crippen LogP contribution in [0, 0.1) is 6.92 Å². The van der Waals surface area contributed by atoms with Crippen LogP contribution in [0.5, 0.6) is 5.75 Å². The van der Waals surface area contributed by atoms with Crippen LogP contribution < -0.4 is 10.1 Å². The van der Waals surface area contributed by atoms with Gasteiger partial charge in [-0.2, -0.15) is 0 Å². The Hall–Kier alpha value is -1.40. The number of fused-ring (bicyclic) bond motifs is 1. The first-order valence-corrected chi connectivity index (χ1v) is 7.95. The molecule has 0 bridgehead atoms. The third kappa shape index (κ3) is 2.71. The Labute approximate surface area is 129 Å². The molecule has 1 aromatic carbocycles. The van der Waals surface area contributed by atoms with Crippen molar-refractivity contribution in [2.45, 2.75) is 19.9 Å². The minimum atomic E-state index is -0.152. The maximum Gasteiger partial charge on any atom is 0.271 e. The molecule has 2 heterocycles. The van der Waals surface area contributed by atoms with E-state index in [9.17, 15) is 4.79 Å². The molecule has 1 aliphatic rings. The molecule has 0 radical (unpaired) electrons. The summed E-state index contributed by atoms with van der Waals surface area (Å²) in [6.45, 7) is 3.03. The van der Waals surface area contributed by atoms with Gasteiger partial charge in [-0.3, -0.25) is 4.79 Å². The van der Waals surface area contributed by atoms with Gasteiger partial charge in [0.1, 0.15) is 11.4 Å². The molecule has 0 atom stereocenters. The third-order valence-electron chi connectivity index (χ3n) is 3.12. The largest absolute Gasteiger partial charge is 0.493 e. The second kappa shape index (κ2) is 5.54. The monoisotopic (exact) mass is 352 g/mol. The van der Waals surface area contributed by atoms with Crippen LogP contribution in [0.15, 0.2) is 22.0 Å². The molecule has 1 amide bonds. The number of thiazole rings is 1. The zero-order valence-electron chi connectivity index (χ0n) is 10.9. The van der Waals surface area contributed by atoms with Crippen LogP contribution in [0.4, 0.5) is 0 Å². The second-order valence-corrected chi connectivity index (χ2v) is 6.56. The van der Waals surface area contributed by atoms with Crippen LogP contribution in [-0.2, 0) is 13.0 Å². The van der Waals surface area contributed by atoms with Gasteiger partial charge in [0.15, 0.2) is 0 Å². The highest BCUT2D eigenvalue weighted by molar-refractivity contribution is 9.10. The number of hydrogen-bond donors (Lipinski definition) is 1. The van der Waals surface area contributed by atoms with E-state index in [1.165, 1.54) is 16.9 Å². The molecule has 1 aliphatic heterocycles. The van der Waals surface area contributed by atoms with E-state index < -0.39 is 0 Å². The van der Waals surface area contributed by atoms with Crippen molar-refractivity contribution in [3.8, 4) is 5.75 Å². The van der Waals surface area contributed by atoms with E-state index in [-0.39, 0.29) is 5.91 Å². The van der Waals surface area contributed by atoms with E-state index in [0.29, 0.717) is 18.8 Å². The first-order valence-electron chi connectivity index (χ1n) is 6.28. The van der Waals surface area contributed by atoms with Gasteiger partial charge in [-0.1, -0.05) is 15.9 Å². The van der Waals surface area contributed by atoms with Crippen LogP contribution >= 0.6 is 27.3 Å². The molecular formula is C14H13BrN2O2S. The highest BCUT2D eigenvalue weighted by Gasteiger charge is 2.18. The molecule has 0 spiro atoms. The standard InChI is InChI=1S/C14H13BrN2O2S/c1-8-17-12(7-20-8)14(18)16-6-10-5-11(15)4-9-2-3-19-13(9)10/h4-5,7H,2-3,6H2,1H3,(H,16,18). The van der Waals surface area contributed by atoms with Gasteiger partial charge in [0.25, 0.3) is 5.91 Å². The molecule has 20 heavy (non-hydrogen) atoms. The number of carbonyl (C=O) groups excluding carboxylic acids is 1. The number of benzene rings is 1. The minimum absolute atomic E-state index is 0.152. The summed E-state index contributed by atoms with van der Waals surface area (Å²) in [6.07, 6.45) is 0.918. The molecule has 1 aromatic heterocycles. The number of aryl methyl sites for hydroxylation is 1. The molecule has 6 heteroatoms. The van der Waals surface area contributed by atoms with Crippen LogP contribution in [0.25, 0.3) is 0 Å². The van der Waals surface area contributed by atoms with Crippen LogP contribution in [-0.4, -0.2) is 17.5 Å². The minimum Gasteiger partial charge on any atom is -0.493 e. The number of nitrogens with zero attached hydrogens (tertiary/aromatic N) is 1. The van der Waals surface area contributed by atoms with Crippen molar-refractivity contribution >= 4 is 33.2 Å². The number of ether oxygens (including phenoxy) is 1. The van der Waals surface area contributed by atoms with E-state index in [4.69, 9.17) is 4.74 Å². The van der Waals surface area contributed by atoms with Crippen LogP contribution in [0.3, 0.4) is 0 Å². The normalized spacial score (nSPS) is 12.9. The fraction of sp³-hybridized carbons (Fsp3) is 0.286. The number of rotatable bonds is 3. The lowest BCUT2D eigenvalue weighted by molar-refractivity contribution is 0.0946. The lowest BCUT2D eigenvalue weighted by atomic mass is 10.1. The van der Waals surface area contributed by atoms with Crippen molar-refractivity contribution in [1.29, 1.82) is 0 Å². The summed E-state index contributed by atoms with van der Waals surface area (Å²) in [5, 5.41) is 5.55. The Morgan fingerprint density at radius 3 is 3.15 bits per heavy atom. The molecule has 4 nitrogen and oxygen atoms in total. The number of aromatic nitrogens is 1.